The van der Waals surface area contributed by atoms with E-state index in [1.807, 2.05) is 42.5 Å². The van der Waals surface area contributed by atoms with Crippen molar-refractivity contribution >= 4 is 27.3 Å². The molecule has 0 saturated carbocycles. The lowest BCUT2D eigenvalue weighted by Gasteiger charge is -2.15. The fraction of sp³-hybridized carbons (Fsp3) is 0. The average Bonchev–Trinajstić information content (AvgIpc) is 2.82. The van der Waals surface area contributed by atoms with Gasteiger partial charge in [-0.2, -0.15) is 0 Å². The maximum absolute atomic E-state index is 12.8. The molecule has 0 aliphatic heterocycles. The van der Waals surface area contributed by atoms with Crippen molar-refractivity contribution in [1.29, 1.82) is 0 Å². The van der Waals surface area contributed by atoms with Crippen LogP contribution in [0.1, 0.15) is 10.4 Å². The fourth-order valence-electron chi connectivity index (χ4n) is 3.13. The van der Waals surface area contributed by atoms with Gasteiger partial charge in [0.15, 0.2) is 0 Å². The van der Waals surface area contributed by atoms with Crippen molar-refractivity contribution in [1.82, 2.24) is 0 Å². The van der Waals surface area contributed by atoms with Gasteiger partial charge in [-0.25, -0.2) is 8.42 Å². The van der Waals surface area contributed by atoms with Crippen LogP contribution in [0.4, 0.5) is 11.4 Å². The highest BCUT2D eigenvalue weighted by molar-refractivity contribution is 7.92. The summed E-state index contributed by atoms with van der Waals surface area (Å²) >= 11 is 0. The average molecular weight is 429 g/mol. The zero-order valence-electron chi connectivity index (χ0n) is 16.5. The number of anilines is 2. The van der Waals surface area contributed by atoms with Gasteiger partial charge in [-0.1, -0.05) is 72.8 Å². The number of amides is 1. The first-order chi connectivity index (χ1) is 15.0. The van der Waals surface area contributed by atoms with E-state index in [4.69, 9.17) is 0 Å². The highest BCUT2D eigenvalue weighted by atomic mass is 32.2. The molecule has 0 atom stereocenters. The van der Waals surface area contributed by atoms with E-state index in [1.54, 1.807) is 54.6 Å². The summed E-state index contributed by atoms with van der Waals surface area (Å²) in [7, 11) is -3.82. The lowest BCUT2D eigenvalue weighted by molar-refractivity contribution is 0.102. The van der Waals surface area contributed by atoms with Gasteiger partial charge in [0, 0.05) is 5.56 Å². The number of hydrogen-bond donors (Lipinski definition) is 2. The first kappa shape index (κ1) is 20.4. The maximum atomic E-state index is 12.8. The van der Waals surface area contributed by atoms with Crippen LogP contribution in [0.2, 0.25) is 0 Å². The summed E-state index contributed by atoms with van der Waals surface area (Å²) in [5.74, 6) is -0.328. The van der Waals surface area contributed by atoms with Crippen LogP contribution in [0.25, 0.3) is 11.1 Å². The molecular formula is C25H20N2O3S. The minimum Gasteiger partial charge on any atom is -0.320 e. The third kappa shape index (κ3) is 4.82. The van der Waals surface area contributed by atoms with E-state index in [0.717, 1.165) is 11.1 Å². The molecule has 5 nitrogen and oxygen atoms in total. The van der Waals surface area contributed by atoms with Crippen LogP contribution in [0.5, 0.6) is 0 Å². The topological polar surface area (TPSA) is 75.3 Å². The van der Waals surface area contributed by atoms with E-state index in [-0.39, 0.29) is 16.5 Å². The van der Waals surface area contributed by atoms with Gasteiger partial charge in [0.05, 0.1) is 16.3 Å². The van der Waals surface area contributed by atoms with Crippen LogP contribution < -0.4 is 10.0 Å². The second kappa shape index (κ2) is 8.85. The standard InChI is InChI=1S/C25H20N2O3S/c28-25(20-12-6-2-7-13-20)26-24-18-21(19-10-4-1-5-11-19)16-17-23(24)27-31(29,30)22-14-8-3-9-15-22/h1-18,27H,(H,26,28). The molecule has 2 N–H and O–H groups in total. The number of hydrogen-bond acceptors (Lipinski definition) is 3. The van der Waals surface area contributed by atoms with Crippen molar-refractivity contribution < 1.29 is 13.2 Å². The van der Waals surface area contributed by atoms with E-state index in [1.165, 1.54) is 12.1 Å². The molecule has 4 aromatic carbocycles. The van der Waals surface area contributed by atoms with Crippen LogP contribution in [-0.2, 0) is 10.0 Å². The highest BCUT2D eigenvalue weighted by Crippen LogP contribution is 2.31. The fourth-order valence-corrected chi connectivity index (χ4v) is 4.23. The monoisotopic (exact) mass is 428 g/mol. The highest BCUT2D eigenvalue weighted by Gasteiger charge is 2.18. The minimum atomic E-state index is -3.82. The second-order valence-electron chi connectivity index (χ2n) is 6.87. The number of carbonyl (C=O) groups is 1. The second-order valence-corrected chi connectivity index (χ2v) is 8.55. The Labute approximate surface area is 181 Å². The quantitative estimate of drug-likeness (QED) is 0.431. The van der Waals surface area contributed by atoms with Gasteiger partial charge in [-0.3, -0.25) is 9.52 Å². The van der Waals surface area contributed by atoms with Crippen molar-refractivity contribution in [3.05, 3.63) is 115 Å². The third-order valence-electron chi connectivity index (χ3n) is 4.71. The molecule has 1 amide bonds. The molecule has 0 saturated heterocycles. The Morgan fingerprint density at radius 3 is 1.84 bits per heavy atom. The summed E-state index contributed by atoms with van der Waals surface area (Å²) in [6.07, 6.45) is 0. The zero-order chi connectivity index (χ0) is 21.7. The summed E-state index contributed by atoms with van der Waals surface area (Å²) in [4.78, 5) is 12.9. The number of rotatable bonds is 6. The van der Waals surface area contributed by atoms with Gasteiger partial charge >= 0.3 is 0 Å². The number of sulfonamides is 1. The predicted octanol–water partition coefficient (Wildman–Crippen LogP) is 5.41. The van der Waals surface area contributed by atoms with E-state index < -0.39 is 10.0 Å². The summed E-state index contributed by atoms with van der Waals surface area (Å²) in [5, 5.41) is 2.85. The van der Waals surface area contributed by atoms with E-state index in [2.05, 4.69) is 10.0 Å². The smallest absolute Gasteiger partial charge is 0.261 e. The Morgan fingerprint density at radius 2 is 1.19 bits per heavy atom. The zero-order valence-corrected chi connectivity index (χ0v) is 17.3. The lowest BCUT2D eigenvalue weighted by Crippen LogP contribution is -2.17. The van der Waals surface area contributed by atoms with Gasteiger partial charge in [0.1, 0.15) is 0 Å². The molecule has 0 unspecified atom stereocenters. The molecule has 0 fully saturated rings. The van der Waals surface area contributed by atoms with Crippen molar-refractivity contribution in [3.8, 4) is 11.1 Å². The minimum absolute atomic E-state index is 0.141. The SMILES string of the molecule is O=C(Nc1cc(-c2ccccc2)ccc1NS(=O)(=O)c1ccccc1)c1ccccc1. The maximum Gasteiger partial charge on any atom is 0.261 e. The Balaban J connectivity index is 1.72. The Kier molecular flexibility index (Phi) is 5.82. The van der Waals surface area contributed by atoms with Crippen molar-refractivity contribution in [2.24, 2.45) is 0 Å². The Hall–Kier alpha value is -3.90. The normalized spacial score (nSPS) is 11.0. The van der Waals surface area contributed by atoms with Crippen molar-refractivity contribution in [2.45, 2.75) is 4.90 Å². The molecule has 0 radical (unpaired) electrons. The van der Waals surface area contributed by atoms with E-state index in [9.17, 15) is 13.2 Å². The van der Waals surface area contributed by atoms with Gasteiger partial charge in [0.25, 0.3) is 15.9 Å². The first-order valence-electron chi connectivity index (χ1n) is 9.67. The lowest BCUT2D eigenvalue weighted by atomic mass is 10.0. The predicted molar refractivity (Wildman–Crippen MR) is 124 cm³/mol. The van der Waals surface area contributed by atoms with Crippen LogP contribution in [0.3, 0.4) is 0 Å². The third-order valence-corrected chi connectivity index (χ3v) is 6.09. The van der Waals surface area contributed by atoms with Gasteiger partial charge in [0.2, 0.25) is 0 Å². The molecule has 0 aliphatic carbocycles. The van der Waals surface area contributed by atoms with Crippen LogP contribution in [-0.4, -0.2) is 14.3 Å². The van der Waals surface area contributed by atoms with Gasteiger partial charge in [-0.15, -0.1) is 0 Å². The number of nitrogens with one attached hydrogen (secondary N) is 2. The van der Waals surface area contributed by atoms with Crippen LogP contribution in [0, 0.1) is 0 Å². The number of benzene rings is 4. The molecule has 154 valence electrons. The summed E-state index contributed by atoms with van der Waals surface area (Å²) in [6.45, 7) is 0. The molecule has 31 heavy (non-hydrogen) atoms. The molecule has 4 aromatic rings. The molecule has 4 rings (SSSR count). The molecule has 0 aliphatic rings. The number of carbonyl (C=O) groups excluding carboxylic acids is 1. The van der Waals surface area contributed by atoms with Gasteiger partial charge in [-0.05, 0) is 47.5 Å². The molecule has 0 spiro atoms. The first-order valence-corrected chi connectivity index (χ1v) is 11.1. The van der Waals surface area contributed by atoms with Crippen LogP contribution >= 0.6 is 0 Å². The van der Waals surface area contributed by atoms with Gasteiger partial charge < -0.3 is 5.32 Å². The molecular weight excluding hydrogens is 408 g/mol. The van der Waals surface area contributed by atoms with Crippen LogP contribution in [0.15, 0.2) is 114 Å². The molecule has 0 heterocycles. The largest absolute Gasteiger partial charge is 0.320 e. The summed E-state index contributed by atoms with van der Waals surface area (Å²) in [5.41, 5.74) is 2.94. The molecule has 6 heteroatoms. The molecule has 0 bridgehead atoms. The Morgan fingerprint density at radius 1 is 0.613 bits per heavy atom. The summed E-state index contributed by atoms with van der Waals surface area (Å²) in [6, 6.07) is 31.8. The van der Waals surface area contributed by atoms with Crippen molar-refractivity contribution in [2.75, 3.05) is 10.0 Å². The van der Waals surface area contributed by atoms with E-state index >= 15 is 0 Å². The summed E-state index contributed by atoms with van der Waals surface area (Å²) < 4.78 is 28.3. The Bertz CT molecular complexity index is 1290. The van der Waals surface area contributed by atoms with Crippen molar-refractivity contribution in [3.63, 3.8) is 0 Å². The molecule has 0 aromatic heterocycles. The van der Waals surface area contributed by atoms with E-state index in [0.29, 0.717) is 11.3 Å².